The lowest BCUT2D eigenvalue weighted by molar-refractivity contribution is -0.118. The second-order valence-electron chi connectivity index (χ2n) is 2.91. The maximum Gasteiger partial charge on any atom is 0.324 e. The minimum atomic E-state index is -0.829. The number of nitrogens with zero attached hydrogens (tertiary/aromatic N) is 1. The Labute approximate surface area is 78.9 Å². The van der Waals surface area contributed by atoms with E-state index in [1.807, 2.05) is 0 Å². The number of amides is 3. The van der Waals surface area contributed by atoms with E-state index >= 15 is 0 Å². The van der Waals surface area contributed by atoms with Crippen molar-refractivity contribution in [2.75, 3.05) is 25.1 Å². The van der Waals surface area contributed by atoms with Gasteiger partial charge in [-0.1, -0.05) is 0 Å². The minimum Gasteiger partial charge on any atom is -0.315 e. The van der Waals surface area contributed by atoms with Gasteiger partial charge in [0.2, 0.25) is 5.91 Å². The highest BCUT2D eigenvalue weighted by Crippen LogP contribution is 1.99. The van der Waals surface area contributed by atoms with Crippen molar-refractivity contribution in [1.29, 1.82) is 0 Å². The van der Waals surface area contributed by atoms with Crippen LogP contribution in [0.15, 0.2) is 0 Å². The van der Waals surface area contributed by atoms with E-state index in [1.165, 1.54) is 4.90 Å². The molecule has 1 atom stereocenters. The Bertz CT molecular complexity index is 254. The van der Waals surface area contributed by atoms with Crippen LogP contribution >= 0.6 is 0 Å². The summed E-state index contributed by atoms with van der Waals surface area (Å²) in [4.78, 5) is 23.1. The number of carbonyl (C=O) groups is 2. The highest BCUT2D eigenvalue weighted by molar-refractivity contribution is 7.84. The molecular weight excluding hydrogens is 192 g/mol. The Kier molecular flexibility index (Phi) is 3.41. The Hall–Kier alpha value is -0.910. The molecule has 1 saturated heterocycles. The van der Waals surface area contributed by atoms with Gasteiger partial charge in [0.05, 0.1) is 0 Å². The molecule has 0 spiro atoms. The summed E-state index contributed by atoms with van der Waals surface area (Å²) in [5.41, 5.74) is 0. The zero-order valence-electron chi connectivity index (χ0n) is 7.41. The van der Waals surface area contributed by atoms with Gasteiger partial charge in [-0.25, -0.2) is 4.79 Å². The molecule has 6 heteroatoms. The quantitative estimate of drug-likeness (QED) is 0.616. The van der Waals surface area contributed by atoms with Crippen molar-refractivity contribution < 1.29 is 13.8 Å². The summed E-state index contributed by atoms with van der Waals surface area (Å²) in [6, 6.07) is -0.341. The molecule has 0 aliphatic carbocycles. The first kappa shape index (κ1) is 10.2. The summed E-state index contributed by atoms with van der Waals surface area (Å²) in [5, 5.41) is 2.18. The third kappa shape index (κ3) is 3.14. The first-order chi connectivity index (χ1) is 6.09. The highest BCUT2D eigenvalue weighted by Gasteiger charge is 2.25. The molecule has 1 unspecified atom stereocenters. The third-order valence-corrected chi connectivity index (χ3v) is 2.59. The topological polar surface area (TPSA) is 66.5 Å². The molecule has 3 amide bonds. The number of carbonyl (C=O) groups excluding carboxylic acids is 2. The molecule has 0 bridgehead atoms. The van der Waals surface area contributed by atoms with E-state index in [9.17, 15) is 13.8 Å². The first-order valence-electron chi connectivity index (χ1n) is 3.98. The number of rotatable bonds is 4. The molecule has 1 heterocycles. The lowest BCUT2D eigenvalue weighted by atomic mass is 10.4. The normalized spacial score (nSPS) is 19.0. The molecule has 0 radical (unpaired) electrons. The zero-order valence-corrected chi connectivity index (χ0v) is 8.23. The number of hydrogen-bond acceptors (Lipinski definition) is 3. The van der Waals surface area contributed by atoms with Gasteiger partial charge >= 0.3 is 6.03 Å². The zero-order chi connectivity index (χ0) is 9.84. The van der Waals surface area contributed by atoms with Crippen LogP contribution in [-0.2, 0) is 15.6 Å². The molecular formula is C7H12N2O3S. The summed E-state index contributed by atoms with van der Waals surface area (Å²) in [7, 11) is -0.829. The van der Waals surface area contributed by atoms with Gasteiger partial charge in [-0.05, 0) is 6.42 Å². The Morgan fingerprint density at radius 2 is 2.23 bits per heavy atom. The molecule has 1 rings (SSSR count). The van der Waals surface area contributed by atoms with E-state index in [4.69, 9.17) is 0 Å². The fourth-order valence-corrected chi connectivity index (χ4v) is 1.66. The number of hydrogen-bond donors (Lipinski definition) is 1. The van der Waals surface area contributed by atoms with Crippen LogP contribution in [0, 0.1) is 0 Å². The minimum absolute atomic E-state index is 0.134. The van der Waals surface area contributed by atoms with Crippen LogP contribution in [0.25, 0.3) is 0 Å². The highest BCUT2D eigenvalue weighted by atomic mass is 32.2. The molecule has 13 heavy (non-hydrogen) atoms. The second-order valence-corrected chi connectivity index (χ2v) is 4.46. The molecule has 1 aliphatic rings. The van der Waals surface area contributed by atoms with E-state index in [0.29, 0.717) is 18.7 Å². The van der Waals surface area contributed by atoms with E-state index in [1.54, 1.807) is 6.26 Å². The van der Waals surface area contributed by atoms with Gasteiger partial charge in [0.1, 0.15) is 6.54 Å². The Morgan fingerprint density at radius 1 is 1.54 bits per heavy atom. The summed E-state index contributed by atoms with van der Waals surface area (Å²) >= 11 is 0. The van der Waals surface area contributed by atoms with Crippen LogP contribution in [0.4, 0.5) is 4.79 Å². The average Bonchev–Trinajstić information content (AvgIpc) is 2.29. The van der Waals surface area contributed by atoms with E-state index in [0.717, 1.165) is 0 Å². The van der Waals surface area contributed by atoms with Gasteiger partial charge in [-0.3, -0.25) is 14.3 Å². The number of nitrogens with one attached hydrogen (secondary N) is 1. The average molecular weight is 204 g/mol. The molecule has 0 aromatic heterocycles. The van der Waals surface area contributed by atoms with Crippen LogP contribution in [0.5, 0.6) is 0 Å². The largest absolute Gasteiger partial charge is 0.324 e. The van der Waals surface area contributed by atoms with Crippen molar-refractivity contribution >= 4 is 22.7 Å². The standard InChI is InChI=1S/C7H12N2O3S/c1-13(12)4-2-3-9-5-6(10)8-7(9)11/h2-5H2,1H3,(H,8,10,11). The fraction of sp³-hybridized carbons (Fsp3) is 0.714. The molecule has 5 nitrogen and oxygen atoms in total. The molecule has 1 N–H and O–H groups in total. The number of imide groups is 1. The van der Waals surface area contributed by atoms with Crippen molar-refractivity contribution in [3.8, 4) is 0 Å². The second kappa shape index (κ2) is 4.36. The molecule has 0 saturated carbocycles. The molecule has 74 valence electrons. The van der Waals surface area contributed by atoms with Crippen LogP contribution < -0.4 is 5.32 Å². The monoisotopic (exact) mass is 204 g/mol. The summed E-state index contributed by atoms with van der Waals surface area (Å²) < 4.78 is 10.7. The molecule has 0 aromatic carbocycles. The van der Waals surface area contributed by atoms with Crippen molar-refractivity contribution in [3.63, 3.8) is 0 Å². The van der Waals surface area contributed by atoms with Crippen LogP contribution in [-0.4, -0.2) is 46.1 Å². The fourth-order valence-electron chi connectivity index (χ4n) is 1.12. The SMILES string of the molecule is CS(=O)CCCN1CC(=O)NC1=O. The predicted molar refractivity (Wildman–Crippen MR) is 48.7 cm³/mol. The van der Waals surface area contributed by atoms with Crippen LogP contribution in [0.3, 0.4) is 0 Å². The summed E-state index contributed by atoms with van der Waals surface area (Å²) in [5.74, 6) is 0.306. The van der Waals surface area contributed by atoms with Crippen molar-refractivity contribution in [2.45, 2.75) is 6.42 Å². The van der Waals surface area contributed by atoms with E-state index < -0.39 is 10.8 Å². The van der Waals surface area contributed by atoms with Gasteiger partial charge < -0.3 is 4.90 Å². The van der Waals surface area contributed by atoms with Crippen molar-refractivity contribution in [1.82, 2.24) is 10.2 Å². The first-order valence-corrected chi connectivity index (χ1v) is 5.71. The molecule has 1 fully saturated rings. The molecule has 1 aliphatic heterocycles. The van der Waals surface area contributed by atoms with Gasteiger partial charge in [0.25, 0.3) is 0 Å². The van der Waals surface area contributed by atoms with Crippen molar-refractivity contribution in [2.24, 2.45) is 0 Å². The lowest BCUT2D eigenvalue weighted by Crippen LogP contribution is -2.29. The smallest absolute Gasteiger partial charge is 0.315 e. The maximum atomic E-state index is 11.0. The summed E-state index contributed by atoms with van der Waals surface area (Å²) in [6.45, 7) is 0.631. The summed E-state index contributed by atoms with van der Waals surface area (Å²) in [6.07, 6.45) is 2.29. The Morgan fingerprint density at radius 3 is 2.69 bits per heavy atom. The third-order valence-electron chi connectivity index (χ3n) is 1.73. The van der Waals surface area contributed by atoms with Gasteiger partial charge in [0.15, 0.2) is 0 Å². The van der Waals surface area contributed by atoms with Gasteiger partial charge in [-0.2, -0.15) is 0 Å². The molecule has 0 aromatic rings. The Balaban J connectivity index is 2.26. The van der Waals surface area contributed by atoms with Crippen LogP contribution in [0.2, 0.25) is 0 Å². The van der Waals surface area contributed by atoms with Gasteiger partial charge in [-0.15, -0.1) is 0 Å². The van der Waals surface area contributed by atoms with E-state index in [-0.39, 0.29) is 18.5 Å². The maximum absolute atomic E-state index is 11.0. The predicted octanol–water partition coefficient (Wildman–Crippen LogP) is -0.693. The lowest BCUT2D eigenvalue weighted by Gasteiger charge is -2.11. The number of urea groups is 1. The van der Waals surface area contributed by atoms with E-state index in [2.05, 4.69) is 5.32 Å². The van der Waals surface area contributed by atoms with Crippen LogP contribution in [0.1, 0.15) is 6.42 Å². The van der Waals surface area contributed by atoms with Crippen molar-refractivity contribution in [3.05, 3.63) is 0 Å². The van der Waals surface area contributed by atoms with Gasteiger partial charge in [0, 0.05) is 29.4 Å².